The van der Waals surface area contributed by atoms with Crippen LogP contribution in [0.1, 0.15) is 116 Å². The average molecular weight is 389 g/mol. The van der Waals surface area contributed by atoms with E-state index in [2.05, 4.69) is 6.92 Å². The van der Waals surface area contributed by atoms with E-state index in [-0.39, 0.29) is 13.2 Å². The second-order valence-corrected chi connectivity index (χ2v) is 8.03. The van der Waals surface area contributed by atoms with Crippen LogP contribution in [0.15, 0.2) is 0 Å². The number of rotatable bonds is 20. The van der Waals surface area contributed by atoms with E-state index >= 15 is 0 Å². The van der Waals surface area contributed by atoms with Gasteiger partial charge in [-0.25, -0.2) is 0 Å². The van der Waals surface area contributed by atoms with Crippen LogP contribution < -0.4 is 0 Å². The standard InChI is InChI=1S/C22H44O3S/c1-2-3-4-5-6-7-8-9-10-11-12-13-14-15-16-17-18-22(26)25-20-21(24)19-23/h21,23-24H,2-20H2,1H3. The normalized spacial score (nSPS) is 12.3. The quantitative estimate of drug-likeness (QED) is 0.189. The Hall–Kier alpha value is -0.190. The average Bonchev–Trinajstić information content (AvgIpc) is 2.65. The first-order valence-electron chi connectivity index (χ1n) is 11.1. The highest BCUT2D eigenvalue weighted by Crippen LogP contribution is 2.14. The molecule has 0 heterocycles. The lowest BCUT2D eigenvalue weighted by molar-refractivity contribution is 0.0498. The number of ether oxygens (including phenoxy) is 1. The van der Waals surface area contributed by atoms with E-state index < -0.39 is 6.10 Å². The predicted octanol–water partition coefficient (Wildman–Crippen LogP) is 6.34. The van der Waals surface area contributed by atoms with Crippen molar-refractivity contribution >= 4 is 17.3 Å². The molecule has 0 bridgehead atoms. The lowest BCUT2D eigenvalue weighted by Gasteiger charge is -2.10. The van der Waals surface area contributed by atoms with E-state index in [1.54, 1.807) is 0 Å². The minimum atomic E-state index is -0.821. The van der Waals surface area contributed by atoms with Crippen LogP contribution in [-0.4, -0.2) is 34.6 Å². The second kappa shape index (κ2) is 21.1. The molecule has 0 aliphatic carbocycles. The zero-order valence-electron chi connectivity index (χ0n) is 17.2. The molecule has 1 atom stereocenters. The van der Waals surface area contributed by atoms with Gasteiger partial charge in [-0.2, -0.15) is 0 Å². The van der Waals surface area contributed by atoms with Gasteiger partial charge in [0.2, 0.25) is 0 Å². The number of hydrogen-bond donors (Lipinski definition) is 2. The summed E-state index contributed by atoms with van der Waals surface area (Å²) in [6.45, 7) is 2.11. The van der Waals surface area contributed by atoms with E-state index in [4.69, 9.17) is 22.1 Å². The molecule has 0 amide bonds. The summed E-state index contributed by atoms with van der Waals surface area (Å²) in [6.07, 6.45) is 21.8. The second-order valence-electron chi connectivity index (χ2n) is 7.57. The SMILES string of the molecule is CCCCCCCCCCCCCCCCCCC(=S)OCC(O)CO. The lowest BCUT2D eigenvalue weighted by atomic mass is 10.0. The van der Waals surface area contributed by atoms with Gasteiger partial charge in [0.25, 0.3) is 0 Å². The third-order valence-electron chi connectivity index (χ3n) is 4.88. The molecule has 0 saturated heterocycles. The van der Waals surface area contributed by atoms with E-state index in [0.29, 0.717) is 5.05 Å². The summed E-state index contributed by atoms with van der Waals surface area (Å²) in [5.74, 6) is 0. The molecule has 0 spiro atoms. The van der Waals surface area contributed by atoms with Gasteiger partial charge in [-0.05, 0) is 18.6 Å². The molecule has 26 heavy (non-hydrogen) atoms. The number of unbranched alkanes of at least 4 members (excludes halogenated alkanes) is 15. The van der Waals surface area contributed by atoms with Crippen molar-refractivity contribution in [2.75, 3.05) is 13.2 Å². The highest BCUT2D eigenvalue weighted by Gasteiger charge is 2.04. The molecule has 1 unspecified atom stereocenters. The lowest BCUT2D eigenvalue weighted by Crippen LogP contribution is -2.21. The fraction of sp³-hybridized carbons (Fsp3) is 0.955. The molecule has 0 aliphatic rings. The monoisotopic (exact) mass is 388 g/mol. The third kappa shape index (κ3) is 20.1. The molecule has 3 nitrogen and oxygen atoms in total. The van der Waals surface area contributed by atoms with Crippen LogP contribution in [0.4, 0.5) is 0 Å². The molecule has 2 N–H and O–H groups in total. The third-order valence-corrected chi connectivity index (χ3v) is 5.20. The van der Waals surface area contributed by atoms with Gasteiger partial charge < -0.3 is 14.9 Å². The maximum Gasteiger partial charge on any atom is 0.159 e. The first-order valence-corrected chi connectivity index (χ1v) is 11.6. The summed E-state index contributed by atoms with van der Waals surface area (Å²) < 4.78 is 5.24. The summed E-state index contributed by atoms with van der Waals surface area (Å²) in [5, 5.41) is 18.4. The molecule has 0 aliphatic heterocycles. The molecular weight excluding hydrogens is 344 g/mol. The first-order chi connectivity index (χ1) is 12.7. The van der Waals surface area contributed by atoms with Crippen molar-refractivity contribution in [3.05, 3.63) is 0 Å². The molecule has 156 valence electrons. The number of aliphatic hydroxyl groups is 2. The van der Waals surface area contributed by atoms with Crippen LogP contribution in [0, 0.1) is 0 Å². The minimum absolute atomic E-state index is 0.105. The van der Waals surface area contributed by atoms with Gasteiger partial charge in [-0.15, -0.1) is 0 Å². The molecule has 0 aromatic rings. The maximum absolute atomic E-state index is 9.18. The van der Waals surface area contributed by atoms with Crippen LogP contribution >= 0.6 is 12.2 Å². The fourth-order valence-corrected chi connectivity index (χ4v) is 3.34. The summed E-state index contributed by atoms with van der Waals surface area (Å²) >= 11 is 5.11. The summed E-state index contributed by atoms with van der Waals surface area (Å²) in [5.41, 5.74) is 0. The summed E-state index contributed by atoms with van der Waals surface area (Å²) in [4.78, 5) is 0. The van der Waals surface area contributed by atoms with Gasteiger partial charge in [0.15, 0.2) is 5.05 Å². The van der Waals surface area contributed by atoms with Gasteiger partial charge in [0.1, 0.15) is 12.7 Å². The van der Waals surface area contributed by atoms with Crippen LogP contribution in [0.2, 0.25) is 0 Å². The maximum atomic E-state index is 9.18. The number of thiocarbonyl (C=S) groups is 1. The predicted molar refractivity (Wildman–Crippen MR) is 116 cm³/mol. The van der Waals surface area contributed by atoms with Crippen molar-refractivity contribution in [3.63, 3.8) is 0 Å². The van der Waals surface area contributed by atoms with Crippen LogP contribution in [0.3, 0.4) is 0 Å². The highest BCUT2D eigenvalue weighted by molar-refractivity contribution is 7.80. The van der Waals surface area contributed by atoms with Gasteiger partial charge in [-0.1, -0.05) is 103 Å². The largest absolute Gasteiger partial charge is 0.484 e. The Morgan fingerprint density at radius 3 is 1.50 bits per heavy atom. The molecular formula is C22H44O3S. The molecule has 0 aromatic heterocycles. The van der Waals surface area contributed by atoms with E-state index in [1.165, 1.54) is 96.3 Å². The Bertz CT molecular complexity index is 297. The van der Waals surface area contributed by atoms with E-state index in [0.717, 1.165) is 12.8 Å². The first kappa shape index (κ1) is 25.8. The van der Waals surface area contributed by atoms with Crippen molar-refractivity contribution < 1.29 is 14.9 Å². The van der Waals surface area contributed by atoms with Crippen molar-refractivity contribution in [2.45, 2.75) is 122 Å². The Kier molecular flexibility index (Phi) is 21.0. The Balaban J connectivity index is 3.12. The topological polar surface area (TPSA) is 49.7 Å². The zero-order chi connectivity index (χ0) is 19.3. The molecule has 4 heteroatoms. The van der Waals surface area contributed by atoms with Crippen LogP contribution in [0.5, 0.6) is 0 Å². The van der Waals surface area contributed by atoms with Gasteiger partial charge in [-0.3, -0.25) is 0 Å². The minimum Gasteiger partial charge on any atom is -0.484 e. The van der Waals surface area contributed by atoms with E-state index in [1.807, 2.05) is 0 Å². The van der Waals surface area contributed by atoms with Crippen molar-refractivity contribution in [3.8, 4) is 0 Å². The fourth-order valence-electron chi connectivity index (χ4n) is 3.13. The smallest absolute Gasteiger partial charge is 0.159 e. The Labute approximate surface area is 167 Å². The van der Waals surface area contributed by atoms with Crippen molar-refractivity contribution in [1.29, 1.82) is 0 Å². The van der Waals surface area contributed by atoms with Crippen LogP contribution in [0.25, 0.3) is 0 Å². The zero-order valence-corrected chi connectivity index (χ0v) is 18.0. The van der Waals surface area contributed by atoms with E-state index in [9.17, 15) is 5.11 Å². The number of hydrogen-bond acceptors (Lipinski definition) is 4. The summed E-state index contributed by atoms with van der Waals surface area (Å²) in [7, 11) is 0. The van der Waals surface area contributed by atoms with Crippen molar-refractivity contribution in [2.24, 2.45) is 0 Å². The molecule has 0 saturated carbocycles. The van der Waals surface area contributed by atoms with Gasteiger partial charge in [0, 0.05) is 6.42 Å². The molecule has 0 fully saturated rings. The molecule has 0 radical (unpaired) electrons. The van der Waals surface area contributed by atoms with Gasteiger partial charge in [0.05, 0.1) is 6.61 Å². The van der Waals surface area contributed by atoms with Crippen molar-refractivity contribution in [1.82, 2.24) is 0 Å². The van der Waals surface area contributed by atoms with Gasteiger partial charge >= 0.3 is 0 Å². The Morgan fingerprint density at radius 1 is 0.731 bits per heavy atom. The number of aliphatic hydroxyl groups excluding tert-OH is 2. The highest BCUT2D eigenvalue weighted by atomic mass is 32.1. The molecule has 0 rings (SSSR count). The van der Waals surface area contributed by atoms with Crippen LogP contribution in [-0.2, 0) is 4.74 Å². The summed E-state index contributed by atoms with van der Waals surface area (Å²) in [6, 6.07) is 0. The Morgan fingerprint density at radius 2 is 1.12 bits per heavy atom. The molecule has 0 aromatic carbocycles.